The number of carbonyl (C=O) groups excluding carboxylic acids is 1. The first-order valence-corrected chi connectivity index (χ1v) is 11.9. The van der Waals surface area contributed by atoms with Crippen molar-refractivity contribution in [1.29, 1.82) is 0 Å². The molecule has 2 N–H and O–H groups in total. The molecule has 0 saturated carbocycles. The molecule has 30 heavy (non-hydrogen) atoms. The van der Waals surface area contributed by atoms with Crippen molar-refractivity contribution < 1.29 is 13.2 Å². The lowest BCUT2D eigenvalue weighted by Gasteiger charge is -2.19. The van der Waals surface area contributed by atoms with Crippen molar-refractivity contribution in [1.82, 2.24) is 4.72 Å². The van der Waals surface area contributed by atoms with Gasteiger partial charge in [-0.15, -0.1) is 0 Å². The highest BCUT2D eigenvalue weighted by atomic mass is 79.9. The zero-order chi connectivity index (χ0) is 21.7. The number of rotatable bonds is 7. The number of hydrogen-bond acceptors (Lipinski definition) is 3. The molecule has 3 aromatic carbocycles. The van der Waals surface area contributed by atoms with Gasteiger partial charge in [-0.3, -0.25) is 4.79 Å². The van der Waals surface area contributed by atoms with E-state index in [-0.39, 0.29) is 21.4 Å². The normalized spacial score (nSPS) is 12.4. The predicted octanol–water partition coefficient (Wildman–Crippen LogP) is 5.28. The second-order valence-corrected chi connectivity index (χ2v) is 9.88. The topological polar surface area (TPSA) is 75.3 Å². The molecule has 156 valence electrons. The first-order chi connectivity index (χ1) is 14.2. The molecule has 0 bridgehead atoms. The highest BCUT2D eigenvalue weighted by Gasteiger charge is 2.28. The molecule has 0 unspecified atom stereocenters. The molecule has 1 atom stereocenters. The third-order valence-corrected chi connectivity index (χ3v) is 6.91. The number of halogens is 3. The van der Waals surface area contributed by atoms with Gasteiger partial charge in [0.2, 0.25) is 15.9 Å². The second-order valence-electron chi connectivity index (χ2n) is 6.43. The van der Waals surface area contributed by atoms with Gasteiger partial charge in [0.05, 0.1) is 5.02 Å². The molecule has 0 aromatic heterocycles. The molecular formula is C21H17BrCl2N2O3S. The minimum Gasteiger partial charge on any atom is -0.325 e. The van der Waals surface area contributed by atoms with Gasteiger partial charge in [-0.25, -0.2) is 8.42 Å². The molecule has 3 aromatic rings. The van der Waals surface area contributed by atoms with E-state index < -0.39 is 22.0 Å². The van der Waals surface area contributed by atoms with E-state index in [2.05, 4.69) is 26.0 Å². The van der Waals surface area contributed by atoms with Crippen LogP contribution in [0.2, 0.25) is 10.0 Å². The Morgan fingerprint density at radius 1 is 0.967 bits per heavy atom. The standard InChI is InChI=1S/C21H17BrCl2N2O3S/c22-15-6-9-17(10-7-15)25-21(27)19(12-14-4-2-1-3-5-14)26-30(28,29)20-13-16(23)8-11-18(20)24/h1-11,13,19,26H,12H2,(H,25,27)/t19-/m1/s1. The van der Waals surface area contributed by atoms with Crippen LogP contribution in [-0.2, 0) is 21.2 Å². The van der Waals surface area contributed by atoms with Crippen LogP contribution >= 0.6 is 39.1 Å². The molecule has 1 amide bonds. The van der Waals surface area contributed by atoms with Gasteiger partial charge in [0, 0.05) is 15.2 Å². The number of amides is 1. The average Bonchev–Trinajstić information content (AvgIpc) is 2.71. The maximum Gasteiger partial charge on any atom is 0.242 e. The summed E-state index contributed by atoms with van der Waals surface area (Å²) >= 11 is 15.3. The van der Waals surface area contributed by atoms with Crippen molar-refractivity contribution in [3.8, 4) is 0 Å². The van der Waals surface area contributed by atoms with Crippen LogP contribution in [0.4, 0.5) is 5.69 Å². The number of hydrogen-bond donors (Lipinski definition) is 2. The van der Waals surface area contributed by atoms with E-state index in [0.29, 0.717) is 5.69 Å². The van der Waals surface area contributed by atoms with E-state index >= 15 is 0 Å². The Kier molecular flexibility index (Phi) is 7.55. The highest BCUT2D eigenvalue weighted by Crippen LogP contribution is 2.25. The first-order valence-electron chi connectivity index (χ1n) is 8.82. The lowest BCUT2D eigenvalue weighted by Crippen LogP contribution is -2.45. The van der Waals surface area contributed by atoms with Crippen LogP contribution in [0.25, 0.3) is 0 Å². The van der Waals surface area contributed by atoms with Crippen molar-refractivity contribution in [2.45, 2.75) is 17.4 Å². The van der Waals surface area contributed by atoms with Crippen LogP contribution in [-0.4, -0.2) is 20.4 Å². The van der Waals surface area contributed by atoms with E-state index in [1.165, 1.54) is 18.2 Å². The maximum atomic E-state index is 13.0. The molecule has 0 spiro atoms. The molecule has 0 saturated heterocycles. The van der Waals surface area contributed by atoms with Gasteiger partial charge < -0.3 is 5.32 Å². The fourth-order valence-corrected chi connectivity index (χ4v) is 4.96. The second kappa shape index (κ2) is 9.94. The maximum absolute atomic E-state index is 13.0. The van der Waals surface area contributed by atoms with Crippen molar-refractivity contribution in [2.75, 3.05) is 5.32 Å². The summed E-state index contributed by atoms with van der Waals surface area (Å²) in [5, 5.41) is 2.98. The first kappa shape index (κ1) is 22.8. The summed E-state index contributed by atoms with van der Waals surface area (Å²) in [4.78, 5) is 12.8. The van der Waals surface area contributed by atoms with E-state index in [1.807, 2.05) is 30.3 Å². The SMILES string of the molecule is O=C(Nc1ccc(Br)cc1)[C@@H](Cc1ccccc1)NS(=O)(=O)c1cc(Cl)ccc1Cl. The van der Waals surface area contributed by atoms with Crippen LogP contribution in [0, 0.1) is 0 Å². The zero-order valence-corrected chi connectivity index (χ0v) is 19.4. The number of anilines is 1. The number of carbonyl (C=O) groups is 1. The number of benzene rings is 3. The molecule has 0 fully saturated rings. The molecule has 9 heteroatoms. The summed E-state index contributed by atoms with van der Waals surface area (Å²) < 4.78 is 29.3. The molecule has 0 aliphatic heterocycles. The summed E-state index contributed by atoms with van der Waals surface area (Å²) in [7, 11) is -4.11. The molecule has 0 aliphatic rings. The van der Waals surface area contributed by atoms with Crippen molar-refractivity contribution >= 4 is 60.7 Å². The van der Waals surface area contributed by atoms with Gasteiger partial charge >= 0.3 is 0 Å². The molecule has 0 aliphatic carbocycles. The van der Waals surface area contributed by atoms with Gasteiger partial charge in [-0.05, 0) is 54.4 Å². The Bertz CT molecular complexity index is 1140. The lowest BCUT2D eigenvalue weighted by atomic mass is 10.1. The Hall–Kier alpha value is -1.90. The quantitative estimate of drug-likeness (QED) is 0.438. The Balaban J connectivity index is 1.89. The van der Waals surface area contributed by atoms with Gasteiger partial charge in [0.25, 0.3) is 0 Å². The van der Waals surface area contributed by atoms with Crippen molar-refractivity contribution in [3.05, 3.63) is 92.9 Å². The van der Waals surface area contributed by atoms with Crippen LogP contribution in [0.15, 0.2) is 82.2 Å². The van der Waals surface area contributed by atoms with Gasteiger partial charge in [-0.1, -0.05) is 69.5 Å². The van der Waals surface area contributed by atoms with Gasteiger partial charge in [-0.2, -0.15) is 4.72 Å². The zero-order valence-electron chi connectivity index (χ0n) is 15.5. The third kappa shape index (κ3) is 6.06. The smallest absolute Gasteiger partial charge is 0.242 e. The molecule has 5 nitrogen and oxygen atoms in total. The summed E-state index contributed by atoms with van der Waals surface area (Å²) in [5.41, 5.74) is 1.34. The number of nitrogens with one attached hydrogen (secondary N) is 2. The summed E-state index contributed by atoms with van der Waals surface area (Å²) in [5.74, 6) is -0.497. The fraction of sp³-hybridized carbons (Fsp3) is 0.0952. The summed E-state index contributed by atoms with van der Waals surface area (Å²) in [6.45, 7) is 0. The van der Waals surface area contributed by atoms with E-state index in [0.717, 1.165) is 10.0 Å². The predicted molar refractivity (Wildman–Crippen MR) is 123 cm³/mol. The van der Waals surface area contributed by atoms with E-state index in [1.54, 1.807) is 24.3 Å². The third-order valence-electron chi connectivity index (χ3n) is 4.19. The lowest BCUT2D eigenvalue weighted by molar-refractivity contribution is -0.117. The van der Waals surface area contributed by atoms with Crippen molar-refractivity contribution in [2.24, 2.45) is 0 Å². The Morgan fingerprint density at radius 3 is 2.30 bits per heavy atom. The van der Waals surface area contributed by atoms with Crippen LogP contribution in [0.1, 0.15) is 5.56 Å². The molecule has 3 rings (SSSR count). The molecule has 0 heterocycles. The Morgan fingerprint density at radius 2 is 1.63 bits per heavy atom. The highest BCUT2D eigenvalue weighted by molar-refractivity contribution is 9.10. The van der Waals surface area contributed by atoms with E-state index in [4.69, 9.17) is 23.2 Å². The molecular weight excluding hydrogens is 511 g/mol. The molecule has 0 radical (unpaired) electrons. The van der Waals surface area contributed by atoms with Crippen LogP contribution < -0.4 is 10.0 Å². The monoisotopic (exact) mass is 526 g/mol. The van der Waals surface area contributed by atoms with Crippen LogP contribution in [0.5, 0.6) is 0 Å². The number of sulfonamides is 1. The summed E-state index contributed by atoms with van der Waals surface area (Å²) in [6.07, 6.45) is 0.153. The van der Waals surface area contributed by atoms with Crippen LogP contribution in [0.3, 0.4) is 0 Å². The Labute approximate surface area is 193 Å². The van der Waals surface area contributed by atoms with E-state index in [9.17, 15) is 13.2 Å². The minimum atomic E-state index is -4.11. The van der Waals surface area contributed by atoms with Gasteiger partial charge in [0.15, 0.2) is 0 Å². The minimum absolute atomic E-state index is 0.0127. The summed E-state index contributed by atoms with van der Waals surface area (Å²) in [6, 6.07) is 19.2. The average molecular weight is 528 g/mol. The van der Waals surface area contributed by atoms with Gasteiger partial charge in [0.1, 0.15) is 10.9 Å². The van der Waals surface area contributed by atoms with Crippen molar-refractivity contribution in [3.63, 3.8) is 0 Å². The largest absolute Gasteiger partial charge is 0.325 e. The fourth-order valence-electron chi connectivity index (χ4n) is 2.73.